The van der Waals surface area contributed by atoms with Crippen molar-refractivity contribution in [1.82, 2.24) is 15.2 Å². The van der Waals surface area contributed by atoms with Crippen LogP contribution >= 0.6 is 0 Å². The number of nitriles is 1. The first kappa shape index (κ1) is 15.2. The summed E-state index contributed by atoms with van der Waals surface area (Å²) in [5.41, 5.74) is 0.652. The number of pyridine rings is 1. The van der Waals surface area contributed by atoms with Crippen molar-refractivity contribution < 1.29 is 4.39 Å². The van der Waals surface area contributed by atoms with Gasteiger partial charge < -0.3 is 9.88 Å². The Kier molecular flexibility index (Phi) is 4.06. The number of hydrogen-bond acceptors (Lipinski definition) is 5. The van der Waals surface area contributed by atoms with Gasteiger partial charge >= 0.3 is 0 Å². The average Bonchev–Trinajstić information content (AvgIpc) is 3.00. The largest absolute Gasteiger partial charge is 0.352 e. The molecule has 2 atom stereocenters. The summed E-state index contributed by atoms with van der Waals surface area (Å²) in [6.45, 7) is 0. The summed E-state index contributed by atoms with van der Waals surface area (Å²) in [6.07, 6.45) is 2.87. The highest BCUT2D eigenvalue weighted by atomic mass is 19.1. The zero-order valence-corrected chi connectivity index (χ0v) is 12.7. The molecule has 7 heteroatoms. The maximum absolute atomic E-state index is 13.8. The van der Waals surface area contributed by atoms with Crippen LogP contribution in [0.4, 0.5) is 10.2 Å². The van der Waals surface area contributed by atoms with Crippen LogP contribution in [0.3, 0.4) is 0 Å². The van der Waals surface area contributed by atoms with E-state index in [1.807, 2.05) is 6.07 Å². The van der Waals surface area contributed by atoms with Crippen molar-refractivity contribution in [3.8, 4) is 17.3 Å². The van der Waals surface area contributed by atoms with Gasteiger partial charge in [-0.25, -0.2) is 4.39 Å². The van der Waals surface area contributed by atoms with E-state index in [1.165, 1.54) is 12.3 Å². The molecule has 0 saturated heterocycles. The van der Waals surface area contributed by atoms with Crippen LogP contribution in [0.1, 0.15) is 25.0 Å². The van der Waals surface area contributed by atoms with Gasteiger partial charge in [0.2, 0.25) is 0 Å². The Labute approximate surface area is 132 Å². The Morgan fingerprint density at radius 2 is 2.22 bits per heavy atom. The summed E-state index contributed by atoms with van der Waals surface area (Å²) in [6, 6.07) is 6.33. The monoisotopic (exact) mass is 313 g/mol. The molecule has 118 valence electrons. The van der Waals surface area contributed by atoms with Crippen LogP contribution in [0.5, 0.6) is 0 Å². The van der Waals surface area contributed by atoms with E-state index in [-0.39, 0.29) is 17.2 Å². The third-order valence-electron chi connectivity index (χ3n) is 4.22. The lowest BCUT2D eigenvalue weighted by Crippen LogP contribution is -2.36. The van der Waals surface area contributed by atoms with E-state index in [0.717, 1.165) is 12.8 Å². The fraction of sp³-hybridized carbons (Fsp3) is 0.375. The zero-order chi connectivity index (χ0) is 16.4. The van der Waals surface area contributed by atoms with E-state index in [1.54, 1.807) is 24.1 Å². The second-order valence-corrected chi connectivity index (χ2v) is 5.64. The van der Waals surface area contributed by atoms with Crippen molar-refractivity contribution in [2.24, 2.45) is 0 Å². The summed E-state index contributed by atoms with van der Waals surface area (Å²) >= 11 is 0. The number of anilines is 1. The van der Waals surface area contributed by atoms with Gasteiger partial charge in [0.15, 0.2) is 11.2 Å². The maximum atomic E-state index is 13.8. The predicted octanol–water partition coefficient (Wildman–Crippen LogP) is 2.03. The molecule has 0 unspecified atom stereocenters. The second-order valence-electron chi connectivity index (χ2n) is 5.64. The van der Waals surface area contributed by atoms with Gasteiger partial charge in [-0.05, 0) is 31.4 Å². The van der Waals surface area contributed by atoms with Crippen LogP contribution < -0.4 is 10.3 Å². The van der Waals surface area contributed by atoms with Gasteiger partial charge in [0.25, 0.3) is 0 Å². The van der Waals surface area contributed by atoms with Gasteiger partial charge in [-0.1, -0.05) is 0 Å². The molecule has 0 aliphatic heterocycles. The molecule has 1 aliphatic rings. The van der Waals surface area contributed by atoms with Crippen LogP contribution in [0.25, 0.3) is 11.3 Å². The van der Waals surface area contributed by atoms with Crippen LogP contribution in [0.15, 0.2) is 29.2 Å². The third kappa shape index (κ3) is 2.93. The van der Waals surface area contributed by atoms with E-state index >= 15 is 0 Å². The van der Waals surface area contributed by atoms with Crippen LogP contribution in [-0.4, -0.2) is 34.4 Å². The first-order valence-electron chi connectivity index (χ1n) is 7.44. The highest BCUT2D eigenvalue weighted by Crippen LogP contribution is 2.28. The van der Waals surface area contributed by atoms with Crippen LogP contribution in [0, 0.1) is 11.3 Å². The quantitative estimate of drug-likeness (QED) is 0.937. The number of nitrogens with zero attached hydrogens (tertiary/aromatic N) is 4. The summed E-state index contributed by atoms with van der Waals surface area (Å²) in [5.74, 6) is 0.577. The minimum absolute atomic E-state index is 0.173. The van der Waals surface area contributed by atoms with E-state index in [9.17, 15) is 9.18 Å². The first-order chi connectivity index (χ1) is 11.1. The van der Waals surface area contributed by atoms with Crippen LogP contribution in [0.2, 0.25) is 0 Å². The number of halogens is 1. The van der Waals surface area contributed by atoms with E-state index < -0.39 is 6.17 Å². The van der Waals surface area contributed by atoms with Gasteiger partial charge in [-0.2, -0.15) is 5.26 Å². The molecule has 0 aromatic carbocycles. The summed E-state index contributed by atoms with van der Waals surface area (Å²) in [7, 11) is 1.81. The number of alkyl halides is 1. The summed E-state index contributed by atoms with van der Waals surface area (Å²) in [5, 5.41) is 16.9. The minimum atomic E-state index is -0.845. The summed E-state index contributed by atoms with van der Waals surface area (Å²) in [4.78, 5) is 16.5. The van der Waals surface area contributed by atoms with Crippen molar-refractivity contribution >= 4 is 5.82 Å². The fourth-order valence-electron chi connectivity index (χ4n) is 2.89. The van der Waals surface area contributed by atoms with E-state index in [4.69, 9.17) is 5.26 Å². The average molecular weight is 313 g/mol. The van der Waals surface area contributed by atoms with Gasteiger partial charge in [0.1, 0.15) is 17.9 Å². The number of hydrogen-bond donors (Lipinski definition) is 1. The molecule has 23 heavy (non-hydrogen) atoms. The minimum Gasteiger partial charge on any atom is -0.352 e. The SMILES string of the molecule is CN(c1ccc(-c2c[nH]c(C#N)cc2=O)nn1)[C@H]1CCC[C@H]1F. The standard InChI is InChI=1S/C16H16FN5O/c1-22(14-4-2-3-12(14)17)16-6-5-13(20-21-16)11-9-19-10(8-18)7-15(11)23/h5-7,9,12,14H,2-4H2,1H3,(H,19,23)/t12-,14+/m1/s1. The molecule has 0 radical (unpaired) electrons. The van der Waals surface area contributed by atoms with Gasteiger partial charge in [0.05, 0.1) is 17.3 Å². The molecule has 2 aromatic rings. The zero-order valence-electron chi connectivity index (χ0n) is 12.7. The van der Waals surface area contributed by atoms with Crippen molar-refractivity contribution in [3.05, 3.63) is 40.3 Å². The Balaban J connectivity index is 1.85. The van der Waals surface area contributed by atoms with Crippen LogP contribution in [-0.2, 0) is 0 Å². The second kappa shape index (κ2) is 6.16. The van der Waals surface area contributed by atoms with Crippen molar-refractivity contribution in [3.63, 3.8) is 0 Å². The molecule has 0 spiro atoms. The van der Waals surface area contributed by atoms with E-state index in [2.05, 4.69) is 15.2 Å². The Bertz CT molecular complexity index is 795. The molecular weight excluding hydrogens is 297 g/mol. The molecule has 0 bridgehead atoms. The Hall–Kier alpha value is -2.75. The fourth-order valence-corrected chi connectivity index (χ4v) is 2.89. The molecule has 1 N–H and O–H groups in total. The Morgan fingerprint density at radius 1 is 1.39 bits per heavy atom. The number of aromatic amines is 1. The van der Waals surface area contributed by atoms with Crippen molar-refractivity contribution in [2.75, 3.05) is 11.9 Å². The summed E-state index contributed by atoms with van der Waals surface area (Å²) < 4.78 is 13.8. The third-order valence-corrected chi connectivity index (χ3v) is 4.22. The van der Waals surface area contributed by atoms with Crippen molar-refractivity contribution in [1.29, 1.82) is 5.26 Å². The Morgan fingerprint density at radius 3 is 2.78 bits per heavy atom. The molecule has 2 aromatic heterocycles. The lowest BCUT2D eigenvalue weighted by Gasteiger charge is -2.26. The molecule has 3 rings (SSSR count). The lowest BCUT2D eigenvalue weighted by molar-refractivity contribution is 0.306. The molecule has 0 amide bonds. The maximum Gasteiger partial charge on any atom is 0.192 e. The number of rotatable bonds is 3. The molecule has 1 aliphatic carbocycles. The highest BCUT2D eigenvalue weighted by molar-refractivity contribution is 5.59. The van der Waals surface area contributed by atoms with Gasteiger partial charge in [-0.3, -0.25) is 4.79 Å². The predicted molar refractivity (Wildman–Crippen MR) is 83.7 cm³/mol. The number of H-pyrrole nitrogens is 1. The van der Waals surface area contributed by atoms with E-state index in [0.29, 0.717) is 23.5 Å². The molecule has 1 fully saturated rings. The lowest BCUT2D eigenvalue weighted by atomic mass is 10.1. The van der Waals surface area contributed by atoms with Crippen molar-refractivity contribution in [2.45, 2.75) is 31.5 Å². The van der Waals surface area contributed by atoms with Gasteiger partial charge in [-0.15, -0.1) is 10.2 Å². The molecule has 2 heterocycles. The topological polar surface area (TPSA) is 85.7 Å². The molecular formula is C16H16FN5O. The molecule has 1 saturated carbocycles. The number of nitrogens with one attached hydrogen (secondary N) is 1. The first-order valence-corrected chi connectivity index (χ1v) is 7.44. The highest BCUT2D eigenvalue weighted by Gasteiger charge is 2.31. The normalized spacial score (nSPS) is 20.2. The smallest absolute Gasteiger partial charge is 0.192 e. The number of aromatic nitrogens is 3. The van der Waals surface area contributed by atoms with Gasteiger partial charge in [0, 0.05) is 19.3 Å². The molecule has 6 nitrogen and oxygen atoms in total.